The van der Waals surface area contributed by atoms with Crippen molar-refractivity contribution >= 4 is 11.6 Å². The van der Waals surface area contributed by atoms with E-state index < -0.39 is 12.3 Å². The summed E-state index contributed by atoms with van der Waals surface area (Å²) < 4.78 is 29.2. The normalized spacial score (nSPS) is 11.0. The molecule has 0 spiro atoms. The van der Waals surface area contributed by atoms with E-state index in [1.54, 1.807) is 24.3 Å². The minimum atomic E-state index is -2.75. The highest BCUT2D eigenvalue weighted by molar-refractivity contribution is 6.17. The fourth-order valence-corrected chi connectivity index (χ4v) is 1.35. The number of rotatable bonds is 3. The van der Waals surface area contributed by atoms with Crippen LogP contribution in [0.2, 0.25) is 0 Å². The summed E-state index contributed by atoms with van der Waals surface area (Å²) in [6.07, 6.45) is -2.75. The van der Waals surface area contributed by atoms with E-state index in [-0.39, 0.29) is 5.89 Å². The van der Waals surface area contributed by atoms with Gasteiger partial charge in [0.1, 0.15) is 0 Å². The third-order valence-corrected chi connectivity index (χ3v) is 2.29. The predicted octanol–water partition coefficient (Wildman–Crippen LogP) is 3.41. The Morgan fingerprint density at radius 3 is 2.38 bits per heavy atom. The molecule has 0 aliphatic carbocycles. The summed E-state index contributed by atoms with van der Waals surface area (Å²) in [4.78, 5) is 0. The van der Waals surface area contributed by atoms with Crippen molar-refractivity contribution in [3.05, 3.63) is 35.7 Å². The third-order valence-electron chi connectivity index (χ3n) is 1.98. The van der Waals surface area contributed by atoms with Gasteiger partial charge in [0.15, 0.2) is 0 Å². The maximum absolute atomic E-state index is 12.2. The van der Waals surface area contributed by atoms with Gasteiger partial charge < -0.3 is 4.42 Å². The van der Waals surface area contributed by atoms with E-state index in [2.05, 4.69) is 10.2 Å². The Balaban J connectivity index is 2.28. The highest BCUT2D eigenvalue weighted by Crippen LogP contribution is 2.23. The lowest BCUT2D eigenvalue weighted by Gasteiger charge is -1.96. The van der Waals surface area contributed by atoms with E-state index in [1.165, 1.54) is 0 Å². The Morgan fingerprint density at radius 2 is 1.88 bits per heavy atom. The summed E-state index contributed by atoms with van der Waals surface area (Å²) in [6.45, 7) is 0. The monoisotopic (exact) mass is 244 g/mol. The second-order valence-corrected chi connectivity index (χ2v) is 3.34. The molecule has 1 aromatic carbocycles. The lowest BCUT2D eigenvalue weighted by Crippen LogP contribution is -1.81. The minimum absolute atomic E-state index is 0.0800. The molecule has 0 unspecified atom stereocenters. The zero-order chi connectivity index (χ0) is 11.5. The lowest BCUT2D eigenvalue weighted by atomic mass is 10.1. The number of benzene rings is 1. The van der Waals surface area contributed by atoms with Gasteiger partial charge in [0.2, 0.25) is 5.89 Å². The van der Waals surface area contributed by atoms with Gasteiger partial charge in [-0.3, -0.25) is 0 Å². The first-order chi connectivity index (χ1) is 7.70. The Morgan fingerprint density at radius 1 is 1.19 bits per heavy atom. The van der Waals surface area contributed by atoms with Gasteiger partial charge in [-0.1, -0.05) is 12.1 Å². The molecule has 0 bridgehead atoms. The van der Waals surface area contributed by atoms with Crippen molar-refractivity contribution in [1.82, 2.24) is 10.2 Å². The average molecular weight is 245 g/mol. The molecular weight excluding hydrogens is 238 g/mol. The SMILES string of the molecule is FC(F)c1nnc(-c2ccc(CCl)cc2)o1. The zero-order valence-electron chi connectivity index (χ0n) is 8.03. The number of hydrogen-bond acceptors (Lipinski definition) is 3. The molecule has 0 saturated carbocycles. The van der Waals surface area contributed by atoms with Crippen molar-refractivity contribution in [2.75, 3.05) is 0 Å². The second kappa shape index (κ2) is 4.57. The van der Waals surface area contributed by atoms with E-state index >= 15 is 0 Å². The van der Waals surface area contributed by atoms with E-state index in [0.717, 1.165) is 5.56 Å². The lowest BCUT2D eigenvalue weighted by molar-refractivity contribution is 0.116. The first kappa shape index (κ1) is 11.0. The Labute approximate surface area is 95.1 Å². The maximum atomic E-state index is 12.2. The van der Waals surface area contributed by atoms with Crippen molar-refractivity contribution < 1.29 is 13.2 Å². The maximum Gasteiger partial charge on any atom is 0.314 e. The highest BCUT2D eigenvalue weighted by atomic mass is 35.5. The Kier molecular flexibility index (Phi) is 3.14. The number of nitrogens with zero attached hydrogens (tertiary/aromatic N) is 2. The molecule has 16 heavy (non-hydrogen) atoms. The van der Waals surface area contributed by atoms with Gasteiger partial charge in [0.25, 0.3) is 5.89 Å². The zero-order valence-corrected chi connectivity index (χ0v) is 8.79. The van der Waals surface area contributed by atoms with Gasteiger partial charge in [-0.2, -0.15) is 8.78 Å². The molecule has 0 atom stereocenters. The summed E-state index contributed by atoms with van der Waals surface area (Å²) in [7, 11) is 0. The number of hydrogen-bond donors (Lipinski definition) is 0. The van der Waals surface area contributed by atoms with E-state index in [0.29, 0.717) is 11.4 Å². The molecule has 1 heterocycles. The molecule has 1 aromatic heterocycles. The van der Waals surface area contributed by atoms with Crippen LogP contribution < -0.4 is 0 Å². The van der Waals surface area contributed by atoms with Gasteiger partial charge in [0, 0.05) is 11.4 Å². The topological polar surface area (TPSA) is 38.9 Å². The van der Waals surface area contributed by atoms with Crippen molar-refractivity contribution in [2.45, 2.75) is 12.3 Å². The van der Waals surface area contributed by atoms with Gasteiger partial charge >= 0.3 is 6.43 Å². The summed E-state index contributed by atoms with van der Waals surface area (Å²) in [6, 6.07) is 6.93. The molecule has 0 radical (unpaired) electrons. The van der Waals surface area contributed by atoms with E-state index in [4.69, 9.17) is 16.0 Å². The fraction of sp³-hybridized carbons (Fsp3) is 0.200. The number of alkyl halides is 3. The van der Waals surface area contributed by atoms with Crippen LogP contribution in [0, 0.1) is 0 Å². The summed E-state index contributed by atoms with van der Waals surface area (Å²) in [5.74, 6) is -0.195. The molecule has 2 rings (SSSR count). The molecule has 2 aromatic rings. The predicted molar refractivity (Wildman–Crippen MR) is 54.2 cm³/mol. The molecular formula is C10H7ClF2N2O. The minimum Gasteiger partial charge on any atom is -0.415 e. The van der Waals surface area contributed by atoms with Crippen molar-refractivity contribution in [2.24, 2.45) is 0 Å². The van der Waals surface area contributed by atoms with Gasteiger partial charge in [-0.25, -0.2) is 0 Å². The van der Waals surface area contributed by atoms with Crippen molar-refractivity contribution in [3.8, 4) is 11.5 Å². The van der Waals surface area contributed by atoms with Crippen molar-refractivity contribution in [1.29, 1.82) is 0 Å². The first-order valence-corrected chi connectivity index (χ1v) is 5.01. The third kappa shape index (κ3) is 2.19. The molecule has 0 aliphatic heterocycles. The van der Waals surface area contributed by atoms with Crippen LogP contribution in [0.3, 0.4) is 0 Å². The quantitative estimate of drug-likeness (QED) is 0.777. The number of halogens is 3. The van der Waals surface area contributed by atoms with Crippen LogP contribution in [0.25, 0.3) is 11.5 Å². The average Bonchev–Trinajstić information content (AvgIpc) is 2.78. The van der Waals surface area contributed by atoms with Gasteiger partial charge in [-0.15, -0.1) is 21.8 Å². The summed E-state index contributed by atoms with van der Waals surface area (Å²) in [5, 5.41) is 6.78. The molecule has 6 heteroatoms. The van der Waals surface area contributed by atoms with Crippen LogP contribution in [-0.4, -0.2) is 10.2 Å². The second-order valence-electron chi connectivity index (χ2n) is 3.08. The van der Waals surface area contributed by atoms with E-state index in [1.807, 2.05) is 0 Å². The smallest absolute Gasteiger partial charge is 0.314 e. The van der Waals surface area contributed by atoms with Crippen LogP contribution in [0.4, 0.5) is 8.78 Å². The van der Waals surface area contributed by atoms with Crippen LogP contribution >= 0.6 is 11.6 Å². The summed E-state index contributed by atoms with van der Waals surface area (Å²) in [5.41, 5.74) is 1.52. The van der Waals surface area contributed by atoms with Crippen LogP contribution in [0.15, 0.2) is 28.7 Å². The Bertz CT molecular complexity index is 470. The Hall–Kier alpha value is -1.49. The molecule has 0 amide bonds. The molecule has 0 N–H and O–H groups in total. The molecule has 0 aliphatic rings. The van der Waals surface area contributed by atoms with Crippen LogP contribution in [0.1, 0.15) is 17.9 Å². The molecule has 84 valence electrons. The van der Waals surface area contributed by atoms with Crippen LogP contribution in [0.5, 0.6) is 0 Å². The summed E-state index contributed by atoms with van der Waals surface area (Å²) >= 11 is 5.62. The highest BCUT2D eigenvalue weighted by Gasteiger charge is 2.16. The van der Waals surface area contributed by atoms with Gasteiger partial charge in [0.05, 0.1) is 0 Å². The van der Waals surface area contributed by atoms with Gasteiger partial charge in [-0.05, 0) is 17.7 Å². The largest absolute Gasteiger partial charge is 0.415 e. The molecule has 3 nitrogen and oxygen atoms in total. The standard InChI is InChI=1S/C10H7ClF2N2O/c11-5-6-1-3-7(4-2-6)9-14-15-10(16-9)8(12)13/h1-4,8H,5H2. The van der Waals surface area contributed by atoms with E-state index in [9.17, 15) is 8.78 Å². The molecule has 0 saturated heterocycles. The molecule has 0 fully saturated rings. The number of aromatic nitrogens is 2. The van der Waals surface area contributed by atoms with Crippen LogP contribution in [-0.2, 0) is 5.88 Å². The fourth-order valence-electron chi connectivity index (χ4n) is 1.18. The first-order valence-electron chi connectivity index (χ1n) is 4.47. The van der Waals surface area contributed by atoms with Crippen molar-refractivity contribution in [3.63, 3.8) is 0 Å².